The molecule has 0 N–H and O–H groups in total. The number of nitrogens with zero attached hydrogens (tertiary/aromatic N) is 4. The third-order valence-electron chi connectivity index (χ3n) is 5.11. The summed E-state index contributed by atoms with van der Waals surface area (Å²) in [5.41, 5.74) is 3.32. The maximum atomic E-state index is 12.9. The van der Waals surface area contributed by atoms with Gasteiger partial charge in [-0.2, -0.15) is 5.10 Å². The molecule has 0 spiro atoms. The van der Waals surface area contributed by atoms with Crippen molar-refractivity contribution < 1.29 is 4.79 Å². The van der Waals surface area contributed by atoms with Crippen LogP contribution < -0.4 is 9.80 Å². The molecule has 1 saturated heterocycles. The zero-order valence-corrected chi connectivity index (χ0v) is 14.0. The predicted octanol–water partition coefficient (Wildman–Crippen LogP) is 2.59. The smallest absolute Gasteiger partial charge is 0.230 e. The van der Waals surface area contributed by atoms with Crippen molar-refractivity contribution in [1.82, 2.24) is 10.2 Å². The minimum absolute atomic E-state index is 0.116. The van der Waals surface area contributed by atoms with Gasteiger partial charge in [-0.1, -0.05) is 18.2 Å². The molecule has 4 rings (SSSR count). The number of amides is 1. The molecule has 5 nitrogen and oxygen atoms in total. The molecule has 0 unspecified atom stereocenters. The van der Waals surface area contributed by atoms with Gasteiger partial charge < -0.3 is 9.80 Å². The molecule has 1 aromatic carbocycles. The van der Waals surface area contributed by atoms with E-state index in [4.69, 9.17) is 0 Å². The van der Waals surface area contributed by atoms with Crippen LogP contribution >= 0.6 is 0 Å². The van der Waals surface area contributed by atoms with E-state index < -0.39 is 0 Å². The molecule has 2 aromatic rings. The van der Waals surface area contributed by atoms with Crippen LogP contribution in [0.25, 0.3) is 0 Å². The Labute approximate surface area is 142 Å². The summed E-state index contributed by atoms with van der Waals surface area (Å²) in [6, 6.07) is 12.3. The molecule has 24 heavy (non-hydrogen) atoms. The molecule has 0 atom stereocenters. The van der Waals surface area contributed by atoms with Crippen molar-refractivity contribution >= 4 is 17.4 Å². The molecule has 124 valence electrons. The Morgan fingerprint density at radius 1 is 1.04 bits per heavy atom. The lowest BCUT2D eigenvalue weighted by Crippen LogP contribution is -2.42. The number of carbonyl (C=O) groups is 1. The van der Waals surface area contributed by atoms with Crippen LogP contribution in [0, 0.1) is 12.8 Å². The van der Waals surface area contributed by atoms with Crippen LogP contribution in [0.2, 0.25) is 0 Å². The first-order valence-electron chi connectivity index (χ1n) is 8.67. The molecule has 0 saturated carbocycles. The summed E-state index contributed by atoms with van der Waals surface area (Å²) in [5, 5.41) is 8.39. The van der Waals surface area contributed by atoms with E-state index in [-0.39, 0.29) is 11.8 Å². The third kappa shape index (κ3) is 2.75. The van der Waals surface area contributed by atoms with Crippen molar-refractivity contribution in [2.45, 2.75) is 26.2 Å². The summed E-state index contributed by atoms with van der Waals surface area (Å²) < 4.78 is 0. The lowest BCUT2D eigenvalue weighted by Gasteiger charge is -2.33. The monoisotopic (exact) mass is 322 g/mol. The maximum Gasteiger partial charge on any atom is 0.230 e. The molecule has 1 fully saturated rings. The van der Waals surface area contributed by atoms with E-state index in [0.29, 0.717) is 0 Å². The van der Waals surface area contributed by atoms with E-state index in [1.807, 2.05) is 36.1 Å². The fraction of sp³-hybridized carbons (Fsp3) is 0.421. The summed E-state index contributed by atoms with van der Waals surface area (Å²) in [7, 11) is 0. The quantitative estimate of drug-likeness (QED) is 0.853. The maximum absolute atomic E-state index is 12.9. The zero-order chi connectivity index (χ0) is 16.5. The summed E-state index contributed by atoms with van der Waals surface area (Å²) >= 11 is 0. The summed E-state index contributed by atoms with van der Waals surface area (Å²) in [5.74, 6) is 1.32. The summed E-state index contributed by atoms with van der Waals surface area (Å²) in [6.07, 6.45) is 2.74. The molecule has 0 bridgehead atoms. The summed E-state index contributed by atoms with van der Waals surface area (Å²) in [6.45, 7) is 4.49. The number of aromatic nitrogens is 2. The molecule has 1 amide bonds. The van der Waals surface area contributed by atoms with Crippen LogP contribution in [0.3, 0.4) is 0 Å². The van der Waals surface area contributed by atoms with E-state index in [0.717, 1.165) is 56.1 Å². The Kier molecular flexibility index (Phi) is 3.92. The van der Waals surface area contributed by atoms with Crippen LogP contribution in [-0.4, -0.2) is 35.7 Å². The van der Waals surface area contributed by atoms with Crippen molar-refractivity contribution in [3.05, 3.63) is 47.7 Å². The molecule has 0 radical (unpaired) electrons. The van der Waals surface area contributed by atoms with Crippen LogP contribution in [0.15, 0.2) is 36.4 Å². The SMILES string of the molecule is Cc1ccc(N2CCC(C(=O)N3CCc4ccccc43)CC2)nn1. The average Bonchev–Trinajstić information content (AvgIpc) is 3.06. The van der Waals surface area contributed by atoms with Gasteiger partial charge in [0.2, 0.25) is 5.91 Å². The van der Waals surface area contributed by atoms with Gasteiger partial charge in [0.25, 0.3) is 0 Å². The second kappa shape index (κ2) is 6.23. The Bertz CT molecular complexity index is 735. The lowest BCUT2D eigenvalue weighted by atomic mass is 9.95. The highest BCUT2D eigenvalue weighted by atomic mass is 16.2. The number of rotatable bonds is 2. The standard InChI is InChI=1S/C19H22N4O/c1-14-6-7-18(21-20-14)22-11-8-16(9-12-22)19(24)23-13-10-15-4-2-3-5-17(15)23/h2-7,16H,8-13H2,1H3. The van der Waals surface area contributed by atoms with Crippen LogP contribution in [0.1, 0.15) is 24.1 Å². The molecule has 3 heterocycles. The Hall–Kier alpha value is -2.43. The van der Waals surface area contributed by atoms with Crippen molar-refractivity contribution in [3.63, 3.8) is 0 Å². The zero-order valence-electron chi connectivity index (χ0n) is 14.0. The number of carbonyl (C=O) groups excluding carboxylic acids is 1. The Morgan fingerprint density at radius 2 is 1.83 bits per heavy atom. The number of hydrogen-bond donors (Lipinski definition) is 0. The Balaban J connectivity index is 1.41. The molecule has 0 aliphatic carbocycles. The van der Waals surface area contributed by atoms with E-state index in [1.54, 1.807) is 0 Å². The summed E-state index contributed by atoms with van der Waals surface area (Å²) in [4.78, 5) is 17.1. The minimum atomic E-state index is 0.116. The number of benzene rings is 1. The molecular weight excluding hydrogens is 300 g/mol. The van der Waals surface area contributed by atoms with Gasteiger partial charge in [-0.3, -0.25) is 4.79 Å². The highest BCUT2D eigenvalue weighted by Gasteiger charge is 2.32. The number of piperidine rings is 1. The minimum Gasteiger partial charge on any atom is -0.355 e. The van der Waals surface area contributed by atoms with Gasteiger partial charge in [0.1, 0.15) is 0 Å². The fourth-order valence-corrected chi connectivity index (χ4v) is 3.70. The van der Waals surface area contributed by atoms with Crippen molar-refractivity contribution in [2.75, 3.05) is 29.4 Å². The van der Waals surface area contributed by atoms with Gasteiger partial charge in [0.05, 0.1) is 5.69 Å². The van der Waals surface area contributed by atoms with Crippen LogP contribution in [0.5, 0.6) is 0 Å². The number of para-hydroxylation sites is 1. The van der Waals surface area contributed by atoms with Gasteiger partial charge in [0.15, 0.2) is 5.82 Å². The molecule has 2 aliphatic heterocycles. The van der Waals surface area contributed by atoms with E-state index in [2.05, 4.69) is 27.2 Å². The predicted molar refractivity (Wildman–Crippen MR) is 94.2 cm³/mol. The van der Waals surface area contributed by atoms with E-state index >= 15 is 0 Å². The second-order valence-electron chi connectivity index (χ2n) is 6.66. The number of fused-ring (bicyclic) bond motifs is 1. The molecule has 2 aliphatic rings. The lowest BCUT2D eigenvalue weighted by molar-refractivity contribution is -0.122. The molecule has 5 heteroatoms. The highest BCUT2D eigenvalue weighted by Crippen LogP contribution is 2.31. The van der Waals surface area contributed by atoms with Crippen LogP contribution in [0.4, 0.5) is 11.5 Å². The first-order chi connectivity index (χ1) is 11.7. The third-order valence-corrected chi connectivity index (χ3v) is 5.11. The first-order valence-corrected chi connectivity index (χ1v) is 8.67. The Morgan fingerprint density at radius 3 is 2.58 bits per heavy atom. The molecule has 1 aromatic heterocycles. The van der Waals surface area contributed by atoms with Gasteiger partial charge >= 0.3 is 0 Å². The van der Waals surface area contributed by atoms with Gasteiger partial charge in [-0.25, -0.2) is 0 Å². The normalized spacial score (nSPS) is 17.9. The fourth-order valence-electron chi connectivity index (χ4n) is 3.70. The average molecular weight is 322 g/mol. The number of aryl methyl sites for hydroxylation is 1. The largest absolute Gasteiger partial charge is 0.355 e. The van der Waals surface area contributed by atoms with E-state index in [1.165, 1.54) is 5.56 Å². The first kappa shape index (κ1) is 15.1. The second-order valence-corrected chi connectivity index (χ2v) is 6.66. The van der Waals surface area contributed by atoms with E-state index in [9.17, 15) is 4.79 Å². The van der Waals surface area contributed by atoms with Crippen molar-refractivity contribution in [1.29, 1.82) is 0 Å². The van der Waals surface area contributed by atoms with Gasteiger partial charge in [-0.15, -0.1) is 5.10 Å². The van der Waals surface area contributed by atoms with Crippen molar-refractivity contribution in [3.8, 4) is 0 Å². The van der Waals surface area contributed by atoms with Crippen molar-refractivity contribution in [2.24, 2.45) is 5.92 Å². The molecular formula is C19H22N4O. The van der Waals surface area contributed by atoms with Gasteiger partial charge in [0, 0.05) is 31.2 Å². The van der Waals surface area contributed by atoms with Gasteiger partial charge in [-0.05, 0) is 49.9 Å². The van der Waals surface area contributed by atoms with Crippen LogP contribution in [-0.2, 0) is 11.2 Å². The topological polar surface area (TPSA) is 49.3 Å². The number of hydrogen-bond acceptors (Lipinski definition) is 4. The highest BCUT2D eigenvalue weighted by molar-refractivity contribution is 5.97. The number of anilines is 2.